The van der Waals surface area contributed by atoms with Gasteiger partial charge < -0.3 is 0 Å². The number of halogens is 1. The highest BCUT2D eigenvalue weighted by molar-refractivity contribution is 7.89. The van der Waals surface area contributed by atoms with Crippen molar-refractivity contribution in [2.45, 2.75) is 45.6 Å². The molecule has 1 saturated heterocycles. The molecule has 2 aliphatic rings. The molecule has 0 aliphatic carbocycles. The van der Waals surface area contributed by atoms with E-state index in [4.69, 9.17) is 4.98 Å². The molecule has 1 fully saturated rings. The summed E-state index contributed by atoms with van der Waals surface area (Å²) in [7, 11) is -3.26. The Hall–Kier alpha value is -2.39. The van der Waals surface area contributed by atoms with Crippen molar-refractivity contribution in [2.75, 3.05) is 23.7 Å². The van der Waals surface area contributed by atoms with Crippen LogP contribution in [0.25, 0.3) is 0 Å². The van der Waals surface area contributed by atoms with Crippen molar-refractivity contribution in [1.29, 1.82) is 0 Å². The number of amides is 1. The lowest BCUT2D eigenvalue weighted by Crippen LogP contribution is -2.40. The highest BCUT2D eigenvalue weighted by Crippen LogP contribution is 2.34. The number of rotatable bonds is 5. The topological polar surface area (TPSA) is 83.5 Å². The lowest BCUT2D eigenvalue weighted by atomic mass is 9.98. The summed E-state index contributed by atoms with van der Waals surface area (Å²) in [5.41, 5.74) is 2.37. The Morgan fingerprint density at radius 2 is 1.93 bits per heavy atom. The van der Waals surface area contributed by atoms with Gasteiger partial charge in [-0.1, -0.05) is 12.1 Å². The normalized spacial score (nSPS) is 19.9. The molecule has 3 heterocycles. The van der Waals surface area contributed by atoms with Gasteiger partial charge in [0.25, 0.3) is 0 Å². The van der Waals surface area contributed by atoms with E-state index in [1.807, 2.05) is 6.92 Å². The van der Waals surface area contributed by atoms with E-state index < -0.39 is 10.0 Å². The Kier molecular flexibility index (Phi) is 5.59. The monoisotopic (exact) mass is 432 g/mol. The molecule has 7 nitrogen and oxygen atoms in total. The second-order valence-electron chi connectivity index (χ2n) is 7.85. The van der Waals surface area contributed by atoms with E-state index >= 15 is 0 Å². The van der Waals surface area contributed by atoms with Gasteiger partial charge in [-0.3, -0.25) is 9.69 Å². The molecule has 0 N–H and O–H groups in total. The zero-order valence-corrected chi connectivity index (χ0v) is 18.0. The second-order valence-corrected chi connectivity index (χ2v) is 10.1. The SMILES string of the molecule is CCS(=O)(=O)N1CCC[C@H](c2nc(C)c3c(n2)N(Cc2ccc(F)cc2)C(=O)C3)C1. The third-order valence-corrected chi connectivity index (χ3v) is 7.70. The molecule has 4 rings (SSSR count). The lowest BCUT2D eigenvalue weighted by Gasteiger charge is -2.31. The van der Waals surface area contributed by atoms with E-state index in [1.165, 1.54) is 16.4 Å². The number of sulfonamides is 1. The Morgan fingerprint density at radius 1 is 1.20 bits per heavy atom. The third-order valence-electron chi connectivity index (χ3n) is 5.86. The van der Waals surface area contributed by atoms with Gasteiger partial charge in [0.15, 0.2) is 0 Å². The van der Waals surface area contributed by atoms with Crippen LogP contribution in [-0.2, 0) is 27.8 Å². The summed E-state index contributed by atoms with van der Waals surface area (Å²) in [6.45, 7) is 4.70. The Labute approximate surface area is 176 Å². The van der Waals surface area contributed by atoms with Gasteiger partial charge in [-0.25, -0.2) is 27.1 Å². The number of benzene rings is 1. The van der Waals surface area contributed by atoms with Crippen LogP contribution in [0, 0.1) is 12.7 Å². The molecule has 0 spiro atoms. The molecule has 160 valence electrons. The molecule has 2 aliphatic heterocycles. The standard InChI is InChI=1S/C21H25FN4O3S/c1-3-30(28,29)25-10-4-5-16(13-25)20-23-14(2)18-11-19(27)26(21(18)24-20)12-15-6-8-17(22)9-7-15/h6-9,16H,3-5,10-13H2,1-2H3/t16-/m0/s1. The Balaban J connectivity index is 1.63. The zero-order valence-electron chi connectivity index (χ0n) is 17.1. The minimum absolute atomic E-state index is 0.0669. The first-order valence-corrected chi connectivity index (χ1v) is 11.8. The number of piperidine rings is 1. The van der Waals surface area contributed by atoms with E-state index in [2.05, 4.69) is 4.98 Å². The van der Waals surface area contributed by atoms with Crippen LogP contribution in [-0.4, -0.2) is 47.4 Å². The molecule has 9 heteroatoms. The largest absolute Gasteiger partial charge is 0.292 e. The molecule has 0 saturated carbocycles. The van der Waals surface area contributed by atoms with Gasteiger partial charge in [-0.2, -0.15) is 0 Å². The predicted molar refractivity (Wildman–Crippen MR) is 111 cm³/mol. The summed E-state index contributed by atoms with van der Waals surface area (Å²) < 4.78 is 39.4. The number of fused-ring (bicyclic) bond motifs is 1. The average Bonchev–Trinajstić information content (AvgIpc) is 3.05. The average molecular weight is 433 g/mol. The maximum absolute atomic E-state index is 13.2. The fraction of sp³-hybridized carbons (Fsp3) is 0.476. The summed E-state index contributed by atoms with van der Waals surface area (Å²) >= 11 is 0. The molecular weight excluding hydrogens is 407 g/mol. The summed E-state index contributed by atoms with van der Waals surface area (Å²) in [6.07, 6.45) is 1.80. The number of aryl methyl sites for hydroxylation is 1. The van der Waals surface area contributed by atoms with Crippen molar-refractivity contribution in [1.82, 2.24) is 14.3 Å². The van der Waals surface area contributed by atoms with Crippen LogP contribution in [0.3, 0.4) is 0 Å². The van der Waals surface area contributed by atoms with Crippen molar-refractivity contribution in [2.24, 2.45) is 0 Å². The van der Waals surface area contributed by atoms with E-state index in [0.29, 0.717) is 31.3 Å². The van der Waals surface area contributed by atoms with E-state index in [-0.39, 0.29) is 29.8 Å². The maximum Gasteiger partial charge on any atom is 0.233 e. The van der Waals surface area contributed by atoms with Crippen LogP contribution in [0.1, 0.15) is 48.3 Å². The molecule has 30 heavy (non-hydrogen) atoms. The van der Waals surface area contributed by atoms with Crippen LogP contribution in [0.15, 0.2) is 24.3 Å². The number of hydrogen-bond acceptors (Lipinski definition) is 5. The quantitative estimate of drug-likeness (QED) is 0.725. The predicted octanol–water partition coefficient (Wildman–Crippen LogP) is 2.54. The van der Waals surface area contributed by atoms with Gasteiger partial charge in [0.2, 0.25) is 15.9 Å². The van der Waals surface area contributed by atoms with E-state index in [1.54, 1.807) is 24.0 Å². The number of anilines is 1. The van der Waals surface area contributed by atoms with Gasteiger partial charge in [-0.05, 0) is 44.4 Å². The minimum atomic E-state index is -3.26. The first-order valence-electron chi connectivity index (χ1n) is 10.2. The number of aromatic nitrogens is 2. The number of hydrogen-bond donors (Lipinski definition) is 0. The van der Waals surface area contributed by atoms with Gasteiger partial charge in [0.05, 0.1) is 18.7 Å². The van der Waals surface area contributed by atoms with Crippen LogP contribution in [0.2, 0.25) is 0 Å². The summed E-state index contributed by atoms with van der Waals surface area (Å²) in [5.74, 6) is 0.749. The zero-order chi connectivity index (χ0) is 21.5. The first kappa shape index (κ1) is 20.9. The highest BCUT2D eigenvalue weighted by atomic mass is 32.2. The van der Waals surface area contributed by atoms with Gasteiger partial charge >= 0.3 is 0 Å². The van der Waals surface area contributed by atoms with Crippen LogP contribution >= 0.6 is 0 Å². The molecule has 1 amide bonds. The fourth-order valence-electron chi connectivity index (χ4n) is 4.10. The van der Waals surface area contributed by atoms with Gasteiger partial charge in [0, 0.05) is 30.3 Å². The first-order chi connectivity index (χ1) is 14.3. The van der Waals surface area contributed by atoms with Crippen LogP contribution in [0.5, 0.6) is 0 Å². The Morgan fingerprint density at radius 3 is 2.63 bits per heavy atom. The molecule has 1 aromatic heterocycles. The lowest BCUT2D eigenvalue weighted by molar-refractivity contribution is -0.117. The van der Waals surface area contributed by atoms with Crippen molar-refractivity contribution in [3.05, 3.63) is 52.7 Å². The highest BCUT2D eigenvalue weighted by Gasteiger charge is 2.34. The Bertz CT molecular complexity index is 1070. The summed E-state index contributed by atoms with van der Waals surface area (Å²) in [5, 5.41) is 0. The van der Waals surface area contributed by atoms with Crippen molar-refractivity contribution in [3.63, 3.8) is 0 Å². The van der Waals surface area contributed by atoms with Gasteiger partial charge in [0.1, 0.15) is 17.5 Å². The molecular formula is C21H25FN4O3S. The molecule has 2 aromatic rings. The van der Waals surface area contributed by atoms with Crippen molar-refractivity contribution >= 4 is 21.7 Å². The summed E-state index contributed by atoms with van der Waals surface area (Å²) in [4.78, 5) is 23.6. The van der Waals surface area contributed by atoms with Crippen LogP contribution < -0.4 is 4.90 Å². The molecule has 0 bridgehead atoms. The molecule has 0 radical (unpaired) electrons. The second kappa shape index (κ2) is 8.03. The smallest absolute Gasteiger partial charge is 0.233 e. The maximum atomic E-state index is 13.2. The molecule has 1 atom stereocenters. The molecule has 1 aromatic carbocycles. The fourth-order valence-corrected chi connectivity index (χ4v) is 5.28. The third kappa shape index (κ3) is 3.96. The summed E-state index contributed by atoms with van der Waals surface area (Å²) in [6, 6.07) is 6.06. The van der Waals surface area contributed by atoms with E-state index in [0.717, 1.165) is 29.7 Å². The number of nitrogens with zero attached hydrogens (tertiary/aromatic N) is 4. The van der Waals surface area contributed by atoms with Gasteiger partial charge in [-0.15, -0.1) is 0 Å². The number of carbonyl (C=O) groups excluding carboxylic acids is 1. The van der Waals surface area contributed by atoms with Crippen molar-refractivity contribution in [3.8, 4) is 0 Å². The number of carbonyl (C=O) groups is 1. The minimum Gasteiger partial charge on any atom is -0.292 e. The molecule has 0 unspecified atom stereocenters. The van der Waals surface area contributed by atoms with E-state index in [9.17, 15) is 17.6 Å². The van der Waals surface area contributed by atoms with Crippen LogP contribution in [0.4, 0.5) is 10.2 Å². The van der Waals surface area contributed by atoms with Crippen molar-refractivity contribution < 1.29 is 17.6 Å².